The van der Waals surface area contributed by atoms with E-state index in [2.05, 4.69) is 36.4 Å². The van der Waals surface area contributed by atoms with Crippen LogP contribution in [0.2, 0.25) is 0 Å². The van der Waals surface area contributed by atoms with E-state index in [9.17, 15) is 0 Å². The highest BCUT2D eigenvalue weighted by Gasteiger charge is 2.48. The summed E-state index contributed by atoms with van der Waals surface area (Å²) in [6, 6.07) is 65.9. The van der Waals surface area contributed by atoms with E-state index in [4.69, 9.17) is 42.6 Å². The van der Waals surface area contributed by atoms with Gasteiger partial charge in [-0.25, -0.2) is 0 Å². The highest BCUT2D eigenvalue weighted by atomic mass is 16.5. The first-order valence-corrected chi connectivity index (χ1v) is 23.9. The van der Waals surface area contributed by atoms with E-state index < -0.39 is 0 Å². The van der Waals surface area contributed by atoms with Crippen molar-refractivity contribution >= 4 is 69.3 Å². The van der Waals surface area contributed by atoms with E-state index in [1.165, 1.54) is 0 Å². The Morgan fingerprint density at radius 2 is 0.472 bits per heavy atom. The molecular formula is C60H33B3O9. The van der Waals surface area contributed by atoms with Crippen LogP contribution >= 0.6 is 0 Å². The molecule has 16 rings (SSSR count). The molecule has 6 aliphatic heterocycles. The molecule has 6 aliphatic rings. The molecule has 0 aliphatic carbocycles. The summed E-state index contributed by atoms with van der Waals surface area (Å²) in [4.78, 5) is 0. The second-order valence-electron chi connectivity index (χ2n) is 18.6. The van der Waals surface area contributed by atoms with Gasteiger partial charge in [-0.15, -0.1) is 0 Å². The van der Waals surface area contributed by atoms with Gasteiger partial charge < -0.3 is 42.6 Å². The van der Waals surface area contributed by atoms with Crippen molar-refractivity contribution in [2.24, 2.45) is 0 Å². The van der Waals surface area contributed by atoms with Crippen molar-refractivity contribution in [1.82, 2.24) is 0 Å². The third-order valence-electron chi connectivity index (χ3n) is 14.3. The molecule has 12 heteroatoms. The summed E-state index contributed by atoms with van der Waals surface area (Å²) >= 11 is 0. The van der Waals surface area contributed by atoms with Gasteiger partial charge in [0.25, 0.3) is 20.1 Å². The Kier molecular flexibility index (Phi) is 8.24. The lowest BCUT2D eigenvalue weighted by Crippen LogP contribution is -2.63. The normalized spacial score (nSPS) is 13.6. The summed E-state index contributed by atoms with van der Waals surface area (Å²) in [6.45, 7) is -0.773. The standard InChI is InChI=1S/C60H33B3O9/c1-4-14-34(15-5-1)64-37-24-52-58-54(26-37)69-48-32-50-44(30-42(48)61(58)40-20-10-12-22-46(40)67-52)63-45-31-43-49(33-51(45)72-57-29-39(28-56(71-50)60(57)63)66-36-18-8-3-9-19-36)70-55-27-38(65-35-16-6-2-7-17-35)25-53-59(55)62(43)41-21-11-13-23-47(41)68-53/h1-33H. The van der Waals surface area contributed by atoms with E-state index in [0.29, 0.717) is 92.0 Å². The minimum Gasteiger partial charge on any atom is -0.458 e. The van der Waals surface area contributed by atoms with Gasteiger partial charge in [0.2, 0.25) is 0 Å². The predicted molar refractivity (Wildman–Crippen MR) is 279 cm³/mol. The first kappa shape index (κ1) is 39.4. The third-order valence-corrected chi connectivity index (χ3v) is 14.3. The lowest BCUT2D eigenvalue weighted by atomic mass is 9.30. The van der Waals surface area contributed by atoms with Crippen LogP contribution in [-0.2, 0) is 0 Å². The van der Waals surface area contributed by atoms with Crippen LogP contribution in [0, 0.1) is 0 Å². The van der Waals surface area contributed by atoms with Crippen molar-refractivity contribution < 1.29 is 42.6 Å². The molecule has 9 nitrogen and oxygen atoms in total. The summed E-state index contributed by atoms with van der Waals surface area (Å²) in [7, 11) is 0. The molecule has 0 spiro atoms. The van der Waals surface area contributed by atoms with Crippen LogP contribution in [0.3, 0.4) is 0 Å². The van der Waals surface area contributed by atoms with Crippen molar-refractivity contribution in [2.75, 3.05) is 0 Å². The molecule has 0 atom stereocenters. The molecule has 0 saturated heterocycles. The molecule has 0 saturated carbocycles. The monoisotopic (exact) mass is 930 g/mol. The third kappa shape index (κ3) is 6.05. The summed E-state index contributed by atoms with van der Waals surface area (Å²) in [6.07, 6.45) is 0. The molecule has 6 heterocycles. The summed E-state index contributed by atoms with van der Waals surface area (Å²) in [5, 5.41) is 0. The Hall–Kier alpha value is -9.41. The van der Waals surface area contributed by atoms with Crippen LogP contribution in [0.5, 0.6) is 103 Å². The second-order valence-corrected chi connectivity index (χ2v) is 18.6. The first-order chi connectivity index (χ1) is 35.6. The highest BCUT2D eigenvalue weighted by Crippen LogP contribution is 2.45. The maximum absolute atomic E-state index is 7.03. The number of ether oxygens (including phenoxy) is 9. The zero-order valence-corrected chi connectivity index (χ0v) is 38.0. The molecule has 10 aromatic carbocycles. The van der Waals surface area contributed by atoms with Crippen molar-refractivity contribution in [1.29, 1.82) is 0 Å². The van der Waals surface area contributed by atoms with Crippen LogP contribution in [0.1, 0.15) is 0 Å². The maximum Gasteiger partial charge on any atom is 0.260 e. The largest absolute Gasteiger partial charge is 0.458 e. The first-order valence-electron chi connectivity index (χ1n) is 23.9. The molecule has 336 valence electrons. The lowest BCUT2D eigenvalue weighted by molar-refractivity contribution is 0.433. The zero-order chi connectivity index (χ0) is 47.0. The Morgan fingerprint density at radius 1 is 0.208 bits per heavy atom. The molecule has 0 bridgehead atoms. The average Bonchev–Trinajstić information content (AvgIpc) is 3.40. The predicted octanol–water partition coefficient (Wildman–Crippen LogP) is 9.25. The molecule has 0 unspecified atom stereocenters. The molecule has 72 heavy (non-hydrogen) atoms. The number of hydrogen-bond acceptors (Lipinski definition) is 9. The minimum atomic E-state index is -0.334. The molecule has 0 aromatic heterocycles. The van der Waals surface area contributed by atoms with E-state index in [1.54, 1.807) is 0 Å². The van der Waals surface area contributed by atoms with Gasteiger partial charge in [-0.3, -0.25) is 0 Å². The van der Waals surface area contributed by atoms with Gasteiger partial charge in [0, 0.05) is 64.9 Å². The number of rotatable bonds is 6. The van der Waals surface area contributed by atoms with Gasteiger partial charge in [0.1, 0.15) is 103 Å². The van der Waals surface area contributed by atoms with Crippen molar-refractivity contribution in [3.05, 3.63) is 200 Å². The van der Waals surface area contributed by atoms with Crippen molar-refractivity contribution in [3.8, 4) is 103 Å². The number of hydrogen-bond donors (Lipinski definition) is 0. The number of para-hydroxylation sites is 5. The SMILES string of the molecule is c1ccc(Oc2cc3c4c(c2)Oc2cc5c(cc2B4c2ccccc2O3)B2c3cc4c(cc3Oc3cc(Oc6ccccc6)cc(c32)O5)Oc2cc(Oc3ccccc3)cc3c2B4c2ccccc2O3)cc1. The summed E-state index contributed by atoms with van der Waals surface area (Å²) in [5.41, 5.74) is 8.77. The fourth-order valence-corrected chi connectivity index (χ4v) is 11.4. The van der Waals surface area contributed by atoms with E-state index in [0.717, 1.165) is 60.7 Å². The summed E-state index contributed by atoms with van der Waals surface area (Å²) in [5.74, 6) is 12.0. The Morgan fingerprint density at radius 3 is 0.792 bits per heavy atom. The van der Waals surface area contributed by atoms with Crippen molar-refractivity contribution in [3.63, 3.8) is 0 Å². The highest BCUT2D eigenvalue weighted by molar-refractivity contribution is 7.02. The van der Waals surface area contributed by atoms with Gasteiger partial charge in [0.15, 0.2) is 0 Å². The van der Waals surface area contributed by atoms with E-state index in [-0.39, 0.29) is 20.1 Å². The van der Waals surface area contributed by atoms with E-state index >= 15 is 0 Å². The van der Waals surface area contributed by atoms with Crippen LogP contribution in [0.25, 0.3) is 0 Å². The fourth-order valence-electron chi connectivity index (χ4n) is 11.4. The van der Waals surface area contributed by atoms with Crippen LogP contribution in [-0.4, -0.2) is 20.1 Å². The maximum atomic E-state index is 7.03. The van der Waals surface area contributed by atoms with Crippen molar-refractivity contribution in [2.45, 2.75) is 0 Å². The minimum absolute atomic E-state index is 0.219. The molecule has 0 amide bonds. The van der Waals surface area contributed by atoms with Gasteiger partial charge in [0.05, 0.1) is 0 Å². The van der Waals surface area contributed by atoms with Gasteiger partial charge >= 0.3 is 0 Å². The van der Waals surface area contributed by atoms with Crippen LogP contribution in [0.15, 0.2) is 200 Å². The smallest absolute Gasteiger partial charge is 0.260 e. The quantitative estimate of drug-likeness (QED) is 0.152. The van der Waals surface area contributed by atoms with Crippen LogP contribution in [0.4, 0.5) is 0 Å². The molecular weight excluding hydrogens is 897 g/mol. The van der Waals surface area contributed by atoms with E-state index in [1.807, 2.05) is 164 Å². The number of fused-ring (bicyclic) bond motifs is 12. The fraction of sp³-hybridized carbons (Fsp3) is 0. The lowest BCUT2D eigenvalue weighted by Gasteiger charge is -2.38. The molecule has 10 aromatic rings. The Balaban J connectivity index is 0.880. The van der Waals surface area contributed by atoms with Gasteiger partial charge in [-0.1, -0.05) is 103 Å². The molecule has 0 N–H and O–H groups in total. The topological polar surface area (TPSA) is 83.1 Å². The Labute approximate surface area is 413 Å². The Bertz CT molecular complexity index is 3710. The number of benzene rings is 10. The zero-order valence-electron chi connectivity index (χ0n) is 38.0. The summed E-state index contributed by atoms with van der Waals surface area (Å²) < 4.78 is 60.6. The second kappa shape index (κ2) is 15.0. The van der Waals surface area contributed by atoms with Gasteiger partial charge in [-0.05, 0) is 81.3 Å². The average molecular weight is 930 g/mol. The van der Waals surface area contributed by atoms with Crippen LogP contribution < -0.4 is 91.8 Å². The molecule has 0 radical (unpaired) electrons. The molecule has 0 fully saturated rings. The van der Waals surface area contributed by atoms with Gasteiger partial charge in [-0.2, -0.15) is 0 Å².